The molecule has 1 fully saturated rings. The lowest BCUT2D eigenvalue weighted by atomic mass is 9.93. The third-order valence-electron chi connectivity index (χ3n) is 3.78. The molecule has 0 saturated carbocycles. The normalized spacial score (nSPS) is 23.2. The van der Waals surface area contributed by atoms with E-state index in [2.05, 4.69) is 5.32 Å². The molecule has 2 nitrogen and oxygen atoms in total. The van der Waals surface area contributed by atoms with E-state index in [1.165, 1.54) is 4.90 Å². The van der Waals surface area contributed by atoms with Crippen LogP contribution in [0.15, 0.2) is 6.07 Å². The smallest absolute Gasteiger partial charge is 0.185 e. The molecule has 0 aromatic heterocycles. The molecule has 2 rings (SSSR count). The molecule has 0 amide bonds. The first kappa shape index (κ1) is 15.1. The van der Waals surface area contributed by atoms with E-state index in [-0.39, 0.29) is 18.0 Å². The fourth-order valence-electron chi connectivity index (χ4n) is 2.75. The highest BCUT2D eigenvalue weighted by atomic mass is 19.2. The van der Waals surface area contributed by atoms with Crippen LogP contribution in [0.4, 0.5) is 23.2 Å². The van der Waals surface area contributed by atoms with Crippen LogP contribution in [-0.4, -0.2) is 25.7 Å². The summed E-state index contributed by atoms with van der Waals surface area (Å²) < 4.78 is 54.0. The number of rotatable bonds is 3. The first-order valence-electron chi connectivity index (χ1n) is 6.77. The summed E-state index contributed by atoms with van der Waals surface area (Å²) in [6, 6.07) is 0.490. The fraction of sp³-hybridized carbons (Fsp3) is 0.571. The van der Waals surface area contributed by atoms with Crippen LogP contribution in [0.25, 0.3) is 0 Å². The van der Waals surface area contributed by atoms with Gasteiger partial charge in [0.25, 0.3) is 0 Å². The summed E-state index contributed by atoms with van der Waals surface area (Å²) in [5.41, 5.74) is -0.593. The highest BCUT2D eigenvalue weighted by Gasteiger charge is 2.30. The molecule has 1 heterocycles. The molecule has 1 aromatic carbocycles. The largest absolute Gasteiger partial charge is 0.366 e. The molecule has 112 valence electrons. The first-order chi connectivity index (χ1) is 9.45. The SMILES string of the molecule is CCNC1CCN(c2c(F)c(F)cc(F)c2F)CC1C. The van der Waals surface area contributed by atoms with Gasteiger partial charge in [-0.3, -0.25) is 0 Å². The Kier molecular flexibility index (Phi) is 4.52. The zero-order valence-electron chi connectivity index (χ0n) is 11.5. The minimum atomic E-state index is -1.36. The van der Waals surface area contributed by atoms with Crippen LogP contribution >= 0.6 is 0 Å². The van der Waals surface area contributed by atoms with E-state index in [4.69, 9.17) is 0 Å². The van der Waals surface area contributed by atoms with E-state index in [1.807, 2.05) is 13.8 Å². The highest BCUT2D eigenvalue weighted by molar-refractivity contribution is 5.50. The van der Waals surface area contributed by atoms with Crippen molar-refractivity contribution >= 4 is 5.69 Å². The Labute approximate surface area is 115 Å². The van der Waals surface area contributed by atoms with Gasteiger partial charge in [0.05, 0.1) is 0 Å². The third-order valence-corrected chi connectivity index (χ3v) is 3.78. The number of hydrogen-bond donors (Lipinski definition) is 1. The van der Waals surface area contributed by atoms with Crippen LogP contribution in [-0.2, 0) is 0 Å². The van der Waals surface area contributed by atoms with Gasteiger partial charge in [-0.1, -0.05) is 13.8 Å². The Hall–Kier alpha value is -1.30. The van der Waals surface area contributed by atoms with Gasteiger partial charge in [-0.05, 0) is 18.9 Å². The number of benzene rings is 1. The Balaban J connectivity index is 2.26. The van der Waals surface area contributed by atoms with Crippen molar-refractivity contribution in [3.05, 3.63) is 29.3 Å². The molecule has 1 saturated heterocycles. The van der Waals surface area contributed by atoms with Crippen molar-refractivity contribution in [1.82, 2.24) is 5.32 Å². The number of nitrogens with one attached hydrogen (secondary N) is 1. The Morgan fingerprint density at radius 3 is 2.30 bits per heavy atom. The van der Waals surface area contributed by atoms with Crippen molar-refractivity contribution < 1.29 is 17.6 Å². The van der Waals surface area contributed by atoms with Crippen LogP contribution in [0.5, 0.6) is 0 Å². The van der Waals surface area contributed by atoms with Crippen LogP contribution < -0.4 is 10.2 Å². The summed E-state index contributed by atoms with van der Waals surface area (Å²) in [6.07, 6.45) is 0.673. The second kappa shape index (κ2) is 5.99. The van der Waals surface area contributed by atoms with Gasteiger partial charge in [0, 0.05) is 25.2 Å². The number of halogens is 4. The molecular formula is C14H18F4N2. The molecule has 20 heavy (non-hydrogen) atoms. The highest BCUT2D eigenvalue weighted by Crippen LogP contribution is 2.31. The maximum absolute atomic E-state index is 13.8. The maximum Gasteiger partial charge on any atom is 0.185 e. The molecule has 1 N–H and O–H groups in total. The maximum atomic E-state index is 13.8. The van der Waals surface area contributed by atoms with Gasteiger partial charge in [-0.2, -0.15) is 0 Å². The predicted octanol–water partition coefficient (Wildman–Crippen LogP) is 3.07. The fourth-order valence-corrected chi connectivity index (χ4v) is 2.75. The van der Waals surface area contributed by atoms with Crippen molar-refractivity contribution in [2.45, 2.75) is 26.3 Å². The van der Waals surface area contributed by atoms with Crippen LogP contribution in [0.2, 0.25) is 0 Å². The van der Waals surface area contributed by atoms with E-state index in [1.54, 1.807) is 0 Å². The summed E-state index contributed by atoms with van der Waals surface area (Å²) in [6.45, 7) is 5.46. The molecule has 0 bridgehead atoms. The zero-order chi connectivity index (χ0) is 14.9. The molecule has 2 unspecified atom stereocenters. The monoisotopic (exact) mass is 290 g/mol. The first-order valence-corrected chi connectivity index (χ1v) is 6.77. The lowest BCUT2D eigenvalue weighted by molar-refractivity contribution is 0.321. The van der Waals surface area contributed by atoms with Gasteiger partial charge in [-0.25, -0.2) is 17.6 Å². The average molecular weight is 290 g/mol. The van der Waals surface area contributed by atoms with Crippen LogP contribution in [0.3, 0.4) is 0 Å². The molecule has 1 aliphatic rings. The predicted molar refractivity (Wildman–Crippen MR) is 69.7 cm³/mol. The van der Waals surface area contributed by atoms with Crippen molar-refractivity contribution in [2.75, 3.05) is 24.5 Å². The molecule has 0 aliphatic carbocycles. The molecule has 2 atom stereocenters. The Morgan fingerprint density at radius 2 is 1.80 bits per heavy atom. The van der Waals surface area contributed by atoms with E-state index in [0.717, 1.165) is 6.54 Å². The standard InChI is InChI=1S/C14H18F4N2/c1-3-19-11-4-5-20(7-8(11)2)14-12(17)9(15)6-10(16)13(14)18/h6,8,11,19H,3-5,7H2,1-2H3. The van der Waals surface area contributed by atoms with Crippen molar-refractivity contribution in [2.24, 2.45) is 5.92 Å². The third kappa shape index (κ3) is 2.75. The topological polar surface area (TPSA) is 15.3 Å². The molecule has 0 spiro atoms. The van der Waals surface area contributed by atoms with Crippen LogP contribution in [0, 0.1) is 29.2 Å². The minimum Gasteiger partial charge on any atom is -0.366 e. The molecule has 6 heteroatoms. The zero-order valence-corrected chi connectivity index (χ0v) is 11.5. The van der Waals surface area contributed by atoms with Gasteiger partial charge < -0.3 is 10.2 Å². The van der Waals surface area contributed by atoms with E-state index in [9.17, 15) is 17.6 Å². The van der Waals surface area contributed by atoms with Crippen molar-refractivity contribution in [3.63, 3.8) is 0 Å². The lowest BCUT2D eigenvalue weighted by Crippen LogP contribution is -2.48. The van der Waals surface area contributed by atoms with Crippen molar-refractivity contribution in [3.8, 4) is 0 Å². The lowest BCUT2D eigenvalue weighted by Gasteiger charge is -2.38. The number of hydrogen-bond acceptors (Lipinski definition) is 2. The summed E-state index contributed by atoms with van der Waals surface area (Å²) in [5, 5.41) is 3.30. The van der Waals surface area contributed by atoms with Gasteiger partial charge in [0.1, 0.15) is 5.69 Å². The van der Waals surface area contributed by atoms with Crippen LogP contribution in [0.1, 0.15) is 20.3 Å². The number of piperidine rings is 1. The number of anilines is 1. The summed E-state index contributed by atoms with van der Waals surface area (Å²) in [5.74, 6) is -5.23. The van der Waals surface area contributed by atoms with E-state index >= 15 is 0 Å². The van der Waals surface area contributed by atoms with E-state index < -0.39 is 29.0 Å². The molecule has 0 radical (unpaired) electrons. The second-order valence-corrected chi connectivity index (χ2v) is 5.19. The molecular weight excluding hydrogens is 272 g/mol. The summed E-state index contributed by atoms with van der Waals surface area (Å²) in [7, 11) is 0. The second-order valence-electron chi connectivity index (χ2n) is 5.19. The van der Waals surface area contributed by atoms with E-state index in [0.29, 0.717) is 19.5 Å². The van der Waals surface area contributed by atoms with Crippen molar-refractivity contribution in [1.29, 1.82) is 0 Å². The van der Waals surface area contributed by atoms with Gasteiger partial charge in [-0.15, -0.1) is 0 Å². The Morgan fingerprint density at radius 1 is 1.20 bits per heavy atom. The molecule has 1 aromatic rings. The van der Waals surface area contributed by atoms with Gasteiger partial charge >= 0.3 is 0 Å². The average Bonchev–Trinajstić information content (AvgIpc) is 2.40. The summed E-state index contributed by atoms with van der Waals surface area (Å²) >= 11 is 0. The van der Waals surface area contributed by atoms with Gasteiger partial charge in [0.2, 0.25) is 0 Å². The molecule has 1 aliphatic heterocycles. The minimum absolute atomic E-state index is 0.133. The quantitative estimate of drug-likeness (QED) is 0.680. The Bertz CT molecular complexity index is 466. The summed E-state index contributed by atoms with van der Waals surface area (Å²) in [4.78, 5) is 1.38. The number of nitrogens with zero attached hydrogens (tertiary/aromatic N) is 1. The van der Waals surface area contributed by atoms with Gasteiger partial charge in [0.15, 0.2) is 23.3 Å².